The predicted octanol–water partition coefficient (Wildman–Crippen LogP) is 3.89. The second kappa shape index (κ2) is 5.31. The summed E-state index contributed by atoms with van der Waals surface area (Å²) in [6.07, 6.45) is 8.60. The Balaban J connectivity index is 2.02. The normalized spacial score (nSPS) is 18.0. The first-order valence-corrected chi connectivity index (χ1v) is 6.26. The van der Waals surface area contributed by atoms with Crippen LogP contribution in [0.5, 0.6) is 0 Å². The molecule has 0 spiro atoms. The monoisotopic (exact) mass is 215 g/mol. The van der Waals surface area contributed by atoms with E-state index in [0.717, 1.165) is 6.42 Å². The van der Waals surface area contributed by atoms with Crippen molar-refractivity contribution in [2.75, 3.05) is 0 Å². The fourth-order valence-corrected chi connectivity index (χ4v) is 2.39. The molecule has 2 N–H and O–H groups in total. The van der Waals surface area contributed by atoms with Crippen LogP contribution < -0.4 is 5.73 Å². The van der Waals surface area contributed by atoms with Gasteiger partial charge in [0.05, 0.1) is 0 Å². The van der Waals surface area contributed by atoms with Crippen molar-refractivity contribution in [1.29, 1.82) is 0 Å². The lowest BCUT2D eigenvalue weighted by molar-refractivity contribution is 0.628. The van der Waals surface area contributed by atoms with Gasteiger partial charge < -0.3 is 5.73 Å². The average molecular weight is 215 g/mol. The molecule has 1 aliphatic rings. The van der Waals surface area contributed by atoms with E-state index in [9.17, 15) is 0 Å². The van der Waals surface area contributed by atoms with Crippen LogP contribution in [-0.4, -0.2) is 0 Å². The van der Waals surface area contributed by atoms with Crippen LogP contribution >= 0.6 is 0 Å². The number of nitrogens with two attached hydrogens (primary N) is 1. The van der Waals surface area contributed by atoms with E-state index >= 15 is 0 Å². The lowest BCUT2D eigenvalue weighted by Gasteiger charge is -2.18. The minimum absolute atomic E-state index is 0.171. The second-order valence-electron chi connectivity index (χ2n) is 4.83. The van der Waals surface area contributed by atoms with E-state index in [4.69, 9.17) is 5.73 Å². The zero-order chi connectivity index (χ0) is 11.4. The van der Waals surface area contributed by atoms with Gasteiger partial charge in [0, 0.05) is 6.04 Å². The highest BCUT2D eigenvalue weighted by atomic mass is 14.6. The third kappa shape index (κ3) is 2.96. The van der Waals surface area contributed by atoms with E-state index in [1.165, 1.54) is 36.8 Å². The maximum absolute atomic E-state index is 6.25. The van der Waals surface area contributed by atoms with E-state index in [1.807, 2.05) is 0 Å². The highest BCUT2D eigenvalue weighted by Gasteiger charge is 2.10. The molecule has 1 unspecified atom stereocenters. The van der Waals surface area contributed by atoms with Gasteiger partial charge >= 0.3 is 0 Å². The molecule has 16 heavy (non-hydrogen) atoms. The second-order valence-corrected chi connectivity index (χ2v) is 4.83. The Morgan fingerprint density at radius 1 is 1.31 bits per heavy atom. The first-order valence-electron chi connectivity index (χ1n) is 6.26. The summed E-state index contributed by atoms with van der Waals surface area (Å²) in [5.41, 5.74) is 10.4. The van der Waals surface area contributed by atoms with Crippen LogP contribution in [0.15, 0.2) is 35.9 Å². The Morgan fingerprint density at radius 3 is 2.88 bits per heavy atom. The molecule has 1 atom stereocenters. The van der Waals surface area contributed by atoms with Crippen molar-refractivity contribution in [3.63, 3.8) is 0 Å². The summed E-state index contributed by atoms with van der Waals surface area (Å²) in [7, 11) is 0. The molecule has 0 aliphatic heterocycles. The van der Waals surface area contributed by atoms with Gasteiger partial charge in [0.15, 0.2) is 0 Å². The van der Waals surface area contributed by atoms with Gasteiger partial charge in [-0.25, -0.2) is 0 Å². The van der Waals surface area contributed by atoms with Crippen molar-refractivity contribution in [3.8, 4) is 0 Å². The molecule has 0 heterocycles. The zero-order valence-electron chi connectivity index (χ0n) is 10.1. The van der Waals surface area contributed by atoms with E-state index in [0.29, 0.717) is 0 Å². The molecule has 1 aliphatic carbocycles. The minimum atomic E-state index is 0.171. The Bertz CT molecular complexity index is 379. The number of aryl methyl sites for hydroxylation is 1. The maximum Gasteiger partial charge on any atom is 0.0332 e. The number of benzene rings is 1. The van der Waals surface area contributed by atoms with Gasteiger partial charge in [-0.2, -0.15) is 0 Å². The first-order chi connectivity index (χ1) is 7.75. The molecule has 0 amide bonds. The first kappa shape index (κ1) is 11.4. The lowest BCUT2D eigenvalue weighted by atomic mass is 9.91. The molecular weight excluding hydrogens is 194 g/mol. The molecule has 0 saturated heterocycles. The molecule has 0 fully saturated rings. The fraction of sp³-hybridized carbons (Fsp3) is 0.467. The predicted molar refractivity (Wildman–Crippen MR) is 69.3 cm³/mol. The Labute approximate surface area is 98.4 Å². The number of hydrogen-bond acceptors (Lipinski definition) is 1. The molecule has 1 aromatic rings. The van der Waals surface area contributed by atoms with Crippen LogP contribution in [0.1, 0.15) is 49.3 Å². The van der Waals surface area contributed by atoms with Crippen molar-refractivity contribution in [2.24, 2.45) is 5.73 Å². The average Bonchev–Trinajstić information content (AvgIpc) is 2.30. The largest absolute Gasteiger partial charge is 0.324 e. The van der Waals surface area contributed by atoms with Crippen LogP contribution in [0, 0.1) is 6.92 Å². The van der Waals surface area contributed by atoms with Crippen LogP contribution in [0.25, 0.3) is 0 Å². The van der Waals surface area contributed by atoms with E-state index in [1.54, 1.807) is 5.57 Å². The zero-order valence-corrected chi connectivity index (χ0v) is 10.1. The van der Waals surface area contributed by atoms with Gasteiger partial charge in [-0.3, -0.25) is 0 Å². The fourth-order valence-electron chi connectivity index (χ4n) is 2.39. The Kier molecular flexibility index (Phi) is 3.79. The van der Waals surface area contributed by atoms with Gasteiger partial charge in [-0.05, 0) is 44.6 Å². The summed E-state index contributed by atoms with van der Waals surface area (Å²) in [5, 5.41) is 0. The molecule has 0 aromatic heterocycles. The quantitative estimate of drug-likeness (QED) is 0.761. The maximum atomic E-state index is 6.25. The molecular formula is C15H21N. The van der Waals surface area contributed by atoms with Crippen molar-refractivity contribution < 1.29 is 0 Å². The van der Waals surface area contributed by atoms with Crippen molar-refractivity contribution in [1.82, 2.24) is 0 Å². The molecule has 1 aromatic carbocycles. The number of allylic oxidation sites excluding steroid dienone is 1. The van der Waals surface area contributed by atoms with Crippen molar-refractivity contribution in [3.05, 3.63) is 47.0 Å². The van der Waals surface area contributed by atoms with E-state index < -0.39 is 0 Å². The summed E-state index contributed by atoms with van der Waals surface area (Å²) in [6.45, 7) is 2.12. The third-order valence-corrected chi connectivity index (χ3v) is 3.34. The Morgan fingerprint density at radius 2 is 2.19 bits per heavy atom. The van der Waals surface area contributed by atoms with Crippen molar-refractivity contribution >= 4 is 0 Å². The number of rotatable bonds is 3. The van der Waals surface area contributed by atoms with Crippen molar-refractivity contribution in [2.45, 2.75) is 45.1 Å². The van der Waals surface area contributed by atoms with E-state index in [-0.39, 0.29) is 6.04 Å². The molecule has 1 nitrogen and oxygen atoms in total. The standard InChI is InChI=1S/C15H21N/c1-12-6-5-9-14(10-12)15(16)11-13-7-3-2-4-8-13/h5-7,9-10,15H,2-4,8,11,16H2,1H3. The van der Waals surface area contributed by atoms with E-state index in [2.05, 4.69) is 37.3 Å². The van der Waals surface area contributed by atoms with Crippen LogP contribution in [0.3, 0.4) is 0 Å². The molecule has 86 valence electrons. The SMILES string of the molecule is Cc1cccc(C(N)CC2=CCCCC2)c1. The molecule has 0 radical (unpaired) electrons. The molecule has 2 rings (SSSR count). The van der Waals surface area contributed by atoms with Crippen LogP contribution in [0.4, 0.5) is 0 Å². The molecule has 1 heteroatoms. The summed E-state index contributed by atoms with van der Waals surface area (Å²) in [4.78, 5) is 0. The Hall–Kier alpha value is -1.08. The summed E-state index contributed by atoms with van der Waals surface area (Å²) in [5.74, 6) is 0. The van der Waals surface area contributed by atoms with Gasteiger partial charge in [0.2, 0.25) is 0 Å². The number of hydrogen-bond donors (Lipinski definition) is 1. The van der Waals surface area contributed by atoms with Crippen LogP contribution in [-0.2, 0) is 0 Å². The molecule has 0 saturated carbocycles. The summed E-state index contributed by atoms with van der Waals surface area (Å²) < 4.78 is 0. The lowest BCUT2D eigenvalue weighted by Crippen LogP contribution is -2.12. The highest BCUT2D eigenvalue weighted by Crippen LogP contribution is 2.26. The smallest absolute Gasteiger partial charge is 0.0332 e. The third-order valence-electron chi connectivity index (χ3n) is 3.34. The topological polar surface area (TPSA) is 26.0 Å². The summed E-state index contributed by atoms with van der Waals surface area (Å²) in [6, 6.07) is 8.73. The molecule has 0 bridgehead atoms. The van der Waals surface area contributed by atoms with Gasteiger partial charge in [-0.1, -0.05) is 41.5 Å². The van der Waals surface area contributed by atoms with Crippen LogP contribution in [0.2, 0.25) is 0 Å². The summed E-state index contributed by atoms with van der Waals surface area (Å²) >= 11 is 0. The minimum Gasteiger partial charge on any atom is -0.324 e. The van der Waals surface area contributed by atoms with Gasteiger partial charge in [-0.15, -0.1) is 0 Å². The van der Waals surface area contributed by atoms with Gasteiger partial charge in [0.1, 0.15) is 0 Å². The highest BCUT2D eigenvalue weighted by molar-refractivity contribution is 5.26. The van der Waals surface area contributed by atoms with Gasteiger partial charge in [0.25, 0.3) is 0 Å².